The predicted molar refractivity (Wildman–Crippen MR) is 80.8 cm³/mol. The van der Waals surface area contributed by atoms with E-state index in [1.807, 2.05) is 0 Å². The van der Waals surface area contributed by atoms with Crippen molar-refractivity contribution in [2.24, 2.45) is 11.5 Å². The average Bonchev–Trinajstić information content (AvgIpc) is 2.10. The number of aliphatic carboxylic acids is 4. The van der Waals surface area contributed by atoms with Gasteiger partial charge in [-0.2, -0.15) is 0 Å². The third-order valence-corrected chi connectivity index (χ3v) is 2.86. The van der Waals surface area contributed by atoms with E-state index in [9.17, 15) is 19.2 Å². The van der Waals surface area contributed by atoms with Gasteiger partial charge in [0, 0.05) is 0 Å². The van der Waals surface area contributed by atoms with Gasteiger partial charge in [0.05, 0.1) is 36.8 Å². The Hall–Kier alpha value is -0.240. The second-order valence-electron chi connectivity index (χ2n) is 4.59. The van der Waals surface area contributed by atoms with E-state index >= 15 is 0 Å². The first-order chi connectivity index (χ1) is 8.92. The van der Waals surface area contributed by atoms with Gasteiger partial charge < -0.3 is 37.4 Å². The molecule has 0 unspecified atom stereocenters. The standard InChI is InChI=1S/C10H16N2O8.2Na.H2O.2H/c11-9(1-5(13)14,2-6(15)16)10(12,3-7(17)18)4-8(19)20;;;;;/h1-4,11-12H2,(H,13,14)(H,15,16)(H,17,18)(H,19,20);;;1H2;;. The van der Waals surface area contributed by atoms with E-state index in [1.54, 1.807) is 0 Å². The molecule has 0 aromatic heterocycles. The summed E-state index contributed by atoms with van der Waals surface area (Å²) in [6.45, 7) is 0. The van der Waals surface area contributed by atoms with Crippen molar-refractivity contribution in [3.63, 3.8) is 0 Å². The molecule has 11 nitrogen and oxygen atoms in total. The summed E-state index contributed by atoms with van der Waals surface area (Å²) in [5, 5.41) is 35.1. The van der Waals surface area contributed by atoms with Crippen molar-refractivity contribution in [3.05, 3.63) is 0 Å². The Morgan fingerprint density at radius 2 is 0.739 bits per heavy atom. The summed E-state index contributed by atoms with van der Waals surface area (Å²) in [7, 11) is 0. The maximum atomic E-state index is 10.8. The van der Waals surface area contributed by atoms with E-state index in [-0.39, 0.29) is 64.6 Å². The van der Waals surface area contributed by atoms with Gasteiger partial charge in [-0.3, -0.25) is 19.2 Å². The molecule has 0 aliphatic heterocycles. The van der Waals surface area contributed by atoms with Crippen molar-refractivity contribution in [1.82, 2.24) is 0 Å². The molecule has 0 aliphatic rings. The normalized spacial score (nSPS) is 10.3. The third-order valence-electron chi connectivity index (χ3n) is 2.86. The van der Waals surface area contributed by atoms with Gasteiger partial charge in [-0.15, -0.1) is 0 Å². The zero-order valence-electron chi connectivity index (χ0n) is 10.9. The Morgan fingerprint density at radius 1 is 0.609 bits per heavy atom. The first-order valence-corrected chi connectivity index (χ1v) is 5.37. The monoisotopic (exact) mass is 358 g/mol. The van der Waals surface area contributed by atoms with Crippen LogP contribution in [-0.2, 0) is 19.2 Å². The first-order valence-electron chi connectivity index (χ1n) is 5.37. The summed E-state index contributed by atoms with van der Waals surface area (Å²) in [6.07, 6.45) is -3.90. The minimum absolute atomic E-state index is 0. The van der Waals surface area contributed by atoms with Crippen molar-refractivity contribution >= 4 is 83.0 Å². The summed E-state index contributed by atoms with van der Waals surface area (Å²) in [5.74, 6) is -6.06. The predicted octanol–water partition coefficient (Wildman–Crippen LogP) is -3.84. The summed E-state index contributed by atoms with van der Waals surface area (Å²) in [6, 6.07) is 0. The zero-order chi connectivity index (χ0) is 16.1. The van der Waals surface area contributed by atoms with E-state index in [4.69, 9.17) is 31.9 Å². The second kappa shape index (κ2) is 12.2. The molecule has 10 N–H and O–H groups in total. The summed E-state index contributed by atoms with van der Waals surface area (Å²) in [4.78, 5) is 43.2. The number of rotatable bonds is 9. The van der Waals surface area contributed by atoms with Crippen molar-refractivity contribution < 1.29 is 45.1 Å². The van der Waals surface area contributed by atoms with Crippen LogP contribution in [0.15, 0.2) is 0 Å². The molecule has 13 heteroatoms. The van der Waals surface area contributed by atoms with Gasteiger partial charge in [-0.25, -0.2) is 0 Å². The van der Waals surface area contributed by atoms with Crippen LogP contribution in [0.1, 0.15) is 25.7 Å². The fourth-order valence-electron chi connectivity index (χ4n) is 1.91. The topological polar surface area (TPSA) is 233 Å². The van der Waals surface area contributed by atoms with E-state index in [0.29, 0.717) is 0 Å². The second-order valence-corrected chi connectivity index (χ2v) is 4.59. The number of hydrogen-bond acceptors (Lipinski definition) is 6. The van der Waals surface area contributed by atoms with Gasteiger partial charge in [0.15, 0.2) is 0 Å². The molecule has 0 saturated heterocycles. The minimum atomic E-state index is -2.22. The SMILES string of the molecule is NC(CC(=O)O)(CC(=O)O)C(N)(CC(=O)O)CC(=O)O.O.[NaH].[NaH]. The molecule has 0 atom stereocenters. The Balaban J connectivity index is -0.000000602. The van der Waals surface area contributed by atoms with Crippen molar-refractivity contribution in [2.75, 3.05) is 0 Å². The average molecular weight is 358 g/mol. The molecule has 126 valence electrons. The number of carbonyl (C=O) groups is 4. The van der Waals surface area contributed by atoms with Gasteiger partial charge in [0.2, 0.25) is 0 Å². The fourth-order valence-corrected chi connectivity index (χ4v) is 1.91. The van der Waals surface area contributed by atoms with Crippen molar-refractivity contribution in [2.45, 2.75) is 36.8 Å². The Kier molecular flexibility index (Phi) is 16.2. The van der Waals surface area contributed by atoms with Gasteiger partial charge in [-0.1, -0.05) is 0 Å². The maximum absolute atomic E-state index is 10.8. The first kappa shape index (κ1) is 30.6. The molecule has 0 rings (SSSR count). The Labute approximate surface area is 175 Å². The van der Waals surface area contributed by atoms with Gasteiger partial charge >= 0.3 is 83.0 Å². The molecule has 23 heavy (non-hydrogen) atoms. The summed E-state index contributed by atoms with van der Waals surface area (Å²) in [5.41, 5.74) is 6.88. The van der Waals surface area contributed by atoms with Gasteiger partial charge in [-0.05, 0) is 0 Å². The molecule has 0 radical (unpaired) electrons. The van der Waals surface area contributed by atoms with Crippen molar-refractivity contribution in [1.29, 1.82) is 0 Å². The number of carboxylic acid groups (broad SMARTS) is 4. The Bertz CT molecular complexity index is 372. The van der Waals surface area contributed by atoms with Crippen LogP contribution in [0.25, 0.3) is 0 Å². The molecule has 0 aromatic rings. The van der Waals surface area contributed by atoms with Crippen LogP contribution < -0.4 is 11.5 Å². The molecular formula is C10H20N2Na2O9. The molecule has 0 spiro atoms. The van der Waals surface area contributed by atoms with E-state index in [1.165, 1.54) is 0 Å². The molecule has 0 fully saturated rings. The number of hydrogen-bond donors (Lipinski definition) is 6. The third kappa shape index (κ3) is 10.3. The quantitative estimate of drug-likeness (QED) is 0.219. The number of nitrogens with two attached hydrogens (primary N) is 2. The van der Waals surface area contributed by atoms with Crippen LogP contribution in [0.3, 0.4) is 0 Å². The van der Waals surface area contributed by atoms with Crippen LogP contribution in [0.4, 0.5) is 0 Å². The van der Waals surface area contributed by atoms with Crippen LogP contribution in [0.5, 0.6) is 0 Å². The summed E-state index contributed by atoms with van der Waals surface area (Å²) < 4.78 is 0. The fraction of sp³-hybridized carbons (Fsp3) is 0.600. The van der Waals surface area contributed by atoms with Crippen LogP contribution >= 0.6 is 0 Å². The molecule has 0 amide bonds. The molecule has 0 aliphatic carbocycles. The number of carboxylic acids is 4. The van der Waals surface area contributed by atoms with Gasteiger partial charge in [0.25, 0.3) is 0 Å². The van der Waals surface area contributed by atoms with Crippen LogP contribution in [0, 0.1) is 0 Å². The molecule has 0 bridgehead atoms. The molecular weight excluding hydrogens is 338 g/mol. The molecule has 0 heterocycles. The van der Waals surface area contributed by atoms with E-state index in [0.717, 1.165) is 0 Å². The van der Waals surface area contributed by atoms with Gasteiger partial charge in [0.1, 0.15) is 0 Å². The molecule has 0 saturated carbocycles. The van der Waals surface area contributed by atoms with Crippen LogP contribution in [-0.4, -0.2) is 120 Å². The van der Waals surface area contributed by atoms with E-state index < -0.39 is 60.6 Å². The summed E-state index contributed by atoms with van der Waals surface area (Å²) >= 11 is 0. The van der Waals surface area contributed by atoms with Crippen LogP contribution in [0.2, 0.25) is 0 Å². The molecule has 0 aromatic carbocycles. The van der Waals surface area contributed by atoms with E-state index in [2.05, 4.69) is 0 Å². The zero-order valence-corrected chi connectivity index (χ0v) is 10.9. The van der Waals surface area contributed by atoms with Crippen molar-refractivity contribution in [3.8, 4) is 0 Å². The Morgan fingerprint density at radius 3 is 0.826 bits per heavy atom.